The molecule has 1 saturated heterocycles. The van der Waals surface area contributed by atoms with Gasteiger partial charge in [-0.3, -0.25) is 9.59 Å². The van der Waals surface area contributed by atoms with E-state index in [0.717, 1.165) is 19.8 Å². The van der Waals surface area contributed by atoms with E-state index in [1.54, 1.807) is 0 Å². The highest BCUT2D eigenvalue weighted by atomic mass is 32.3. The average molecular weight is 398 g/mol. The van der Waals surface area contributed by atoms with Crippen LogP contribution in [0, 0.1) is 5.41 Å². The van der Waals surface area contributed by atoms with E-state index in [1.807, 2.05) is 0 Å². The van der Waals surface area contributed by atoms with Crippen LogP contribution in [0.4, 0.5) is 0 Å². The first-order chi connectivity index (χ1) is 12.5. The minimum atomic E-state index is -5.49. The fourth-order valence-electron chi connectivity index (χ4n) is 2.84. The summed E-state index contributed by atoms with van der Waals surface area (Å²) in [6, 6.07) is 5.54. The minimum absolute atomic E-state index is 0.285. The Kier molecular flexibility index (Phi) is 6.06. The van der Waals surface area contributed by atoms with Crippen molar-refractivity contribution in [2.45, 2.75) is 44.3 Å². The molecule has 150 valence electrons. The largest absolute Gasteiger partial charge is 0.435 e. The molecule has 0 saturated carbocycles. The molecule has 1 heterocycles. The maximum Gasteiger partial charge on any atom is 0.322 e. The summed E-state index contributed by atoms with van der Waals surface area (Å²) in [4.78, 5) is 24.6. The smallest absolute Gasteiger partial charge is 0.322 e. The van der Waals surface area contributed by atoms with E-state index in [-0.39, 0.29) is 4.90 Å². The summed E-state index contributed by atoms with van der Waals surface area (Å²) >= 11 is 0. The van der Waals surface area contributed by atoms with Crippen molar-refractivity contribution in [2.24, 2.45) is 5.41 Å². The lowest BCUT2D eigenvalue weighted by molar-refractivity contribution is -0.195. The molecule has 0 aliphatic carbocycles. The van der Waals surface area contributed by atoms with Crippen LogP contribution in [0.15, 0.2) is 35.7 Å². The molecule has 0 bridgehead atoms. The molecule has 1 aliphatic heterocycles. The molecule has 0 aromatic heterocycles. The standard InChI is InChI=1S/C19H26O7S/c1-4-15-8-10-16(11-9-15)27(22,23,24)13-19(3,14(2)20)18(21)26-17-7-5-6-12-25-17/h4,8-11,17H,1,5-7,12-13H2,2-3H3,(H2,22,23,24). The number of esters is 1. The van der Waals surface area contributed by atoms with Gasteiger partial charge in [-0.15, -0.1) is 0 Å². The zero-order chi connectivity index (χ0) is 20.3. The van der Waals surface area contributed by atoms with Crippen LogP contribution in [-0.4, -0.2) is 43.7 Å². The predicted molar refractivity (Wildman–Crippen MR) is 102 cm³/mol. The van der Waals surface area contributed by atoms with Gasteiger partial charge in [-0.05, 0) is 44.4 Å². The van der Waals surface area contributed by atoms with E-state index >= 15 is 0 Å². The highest BCUT2D eigenvalue weighted by Crippen LogP contribution is 2.37. The Morgan fingerprint density at radius 3 is 2.44 bits per heavy atom. The molecule has 8 heteroatoms. The second kappa shape index (κ2) is 7.63. The number of benzene rings is 1. The summed E-state index contributed by atoms with van der Waals surface area (Å²) in [5.41, 5.74) is -1.32. The van der Waals surface area contributed by atoms with Crippen molar-refractivity contribution in [1.29, 1.82) is 0 Å². The number of ketones is 1. The van der Waals surface area contributed by atoms with E-state index in [1.165, 1.54) is 37.3 Å². The van der Waals surface area contributed by atoms with Crippen molar-refractivity contribution in [1.82, 2.24) is 0 Å². The molecular formula is C19H26O7S. The molecule has 0 amide bonds. The predicted octanol–water partition coefficient (Wildman–Crippen LogP) is 3.12. The zero-order valence-electron chi connectivity index (χ0n) is 15.6. The van der Waals surface area contributed by atoms with Crippen molar-refractivity contribution in [3.05, 3.63) is 36.4 Å². The maximum absolute atomic E-state index is 13.0. The third-order valence-electron chi connectivity index (χ3n) is 4.74. The minimum Gasteiger partial charge on any atom is -0.435 e. The number of carbonyl (C=O) groups excluding carboxylic acids is 2. The van der Waals surface area contributed by atoms with Crippen molar-refractivity contribution < 1.29 is 32.4 Å². The second-order valence-electron chi connectivity index (χ2n) is 7.02. The van der Waals surface area contributed by atoms with Gasteiger partial charge in [-0.25, -0.2) is 4.21 Å². The van der Waals surface area contributed by atoms with Gasteiger partial charge in [0.05, 0.1) is 17.3 Å². The van der Waals surface area contributed by atoms with E-state index in [4.69, 9.17) is 9.47 Å². The fourth-order valence-corrected chi connectivity index (χ4v) is 5.05. The molecule has 0 radical (unpaired) electrons. The Bertz CT molecular complexity index is 787. The molecule has 1 aliphatic rings. The van der Waals surface area contributed by atoms with Gasteiger partial charge < -0.3 is 18.6 Å². The van der Waals surface area contributed by atoms with E-state index in [9.17, 15) is 22.9 Å². The monoisotopic (exact) mass is 398 g/mol. The van der Waals surface area contributed by atoms with Crippen LogP contribution in [0.1, 0.15) is 38.7 Å². The third kappa shape index (κ3) is 4.90. The Balaban J connectivity index is 2.30. The molecule has 2 N–H and O–H groups in total. The van der Waals surface area contributed by atoms with Crippen LogP contribution in [0.3, 0.4) is 0 Å². The number of carbonyl (C=O) groups is 2. The van der Waals surface area contributed by atoms with Gasteiger partial charge in [-0.2, -0.15) is 0 Å². The first-order valence-corrected chi connectivity index (χ1v) is 10.7. The van der Waals surface area contributed by atoms with Crippen LogP contribution in [0.5, 0.6) is 0 Å². The fraction of sp³-hybridized carbons (Fsp3) is 0.474. The van der Waals surface area contributed by atoms with Gasteiger partial charge in [0.1, 0.15) is 20.8 Å². The Labute approximate surface area is 158 Å². The maximum atomic E-state index is 13.0. The summed E-state index contributed by atoms with van der Waals surface area (Å²) in [6.45, 7) is 6.33. The first-order valence-electron chi connectivity index (χ1n) is 8.68. The lowest BCUT2D eigenvalue weighted by Crippen LogP contribution is -2.51. The van der Waals surface area contributed by atoms with Gasteiger partial charge in [0.2, 0.25) is 6.29 Å². The van der Waals surface area contributed by atoms with E-state index < -0.39 is 38.8 Å². The van der Waals surface area contributed by atoms with Crippen LogP contribution in [0.2, 0.25) is 0 Å². The molecule has 2 rings (SSSR count). The average Bonchev–Trinajstić information content (AvgIpc) is 2.61. The van der Waals surface area contributed by atoms with Gasteiger partial charge in [-0.1, -0.05) is 24.8 Å². The Hall–Kier alpha value is -1.87. The molecule has 1 aromatic carbocycles. The van der Waals surface area contributed by atoms with Crippen molar-refractivity contribution >= 4 is 27.5 Å². The van der Waals surface area contributed by atoms with Crippen molar-refractivity contribution in [3.8, 4) is 0 Å². The van der Waals surface area contributed by atoms with Gasteiger partial charge in [0.25, 0.3) is 0 Å². The highest BCUT2D eigenvalue weighted by Gasteiger charge is 2.50. The second-order valence-corrected chi connectivity index (χ2v) is 9.82. The zero-order valence-corrected chi connectivity index (χ0v) is 16.4. The van der Waals surface area contributed by atoms with Crippen molar-refractivity contribution in [3.63, 3.8) is 0 Å². The molecule has 2 unspecified atom stereocenters. The molecule has 7 nitrogen and oxygen atoms in total. The normalized spacial score (nSPS) is 21.3. The summed E-state index contributed by atoms with van der Waals surface area (Å²) in [7, 11) is -5.49. The number of hydrogen-bond donors (Lipinski definition) is 2. The van der Waals surface area contributed by atoms with Crippen LogP contribution in [-0.2, 0) is 28.7 Å². The first kappa shape index (κ1) is 21.4. The number of Topliss-reactive ketones (excluding diaryl/α,β-unsaturated/α-hetero) is 1. The molecule has 27 heavy (non-hydrogen) atoms. The van der Waals surface area contributed by atoms with E-state index in [2.05, 4.69) is 6.58 Å². The van der Waals surface area contributed by atoms with Crippen LogP contribution >= 0.6 is 0 Å². The van der Waals surface area contributed by atoms with Gasteiger partial charge >= 0.3 is 5.97 Å². The lowest BCUT2D eigenvalue weighted by Gasteiger charge is -2.38. The molecule has 1 aromatic rings. The number of rotatable bonds is 7. The summed E-state index contributed by atoms with van der Waals surface area (Å²) in [6.07, 6.45) is 2.88. The van der Waals surface area contributed by atoms with E-state index in [0.29, 0.717) is 18.6 Å². The molecule has 1 fully saturated rings. The van der Waals surface area contributed by atoms with Crippen LogP contribution < -0.4 is 0 Å². The Morgan fingerprint density at radius 1 is 1.33 bits per heavy atom. The Morgan fingerprint density at radius 2 is 1.96 bits per heavy atom. The SMILES string of the molecule is C=Cc1ccc(S(=O)(O)(O)CC(C)(C(C)=O)C(=O)OC2CCCCO2)cc1. The molecule has 0 spiro atoms. The highest BCUT2D eigenvalue weighted by molar-refractivity contribution is 8.10. The number of hydrogen-bond acceptors (Lipinski definition) is 5. The molecule has 2 atom stereocenters. The molecular weight excluding hydrogens is 372 g/mol. The van der Waals surface area contributed by atoms with Gasteiger partial charge in [0.15, 0.2) is 0 Å². The van der Waals surface area contributed by atoms with Crippen molar-refractivity contribution in [2.75, 3.05) is 12.4 Å². The number of ether oxygens (including phenoxy) is 2. The lowest BCUT2D eigenvalue weighted by atomic mass is 9.89. The van der Waals surface area contributed by atoms with Gasteiger partial charge in [0, 0.05) is 6.42 Å². The summed E-state index contributed by atoms with van der Waals surface area (Å²) in [5, 5.41) is 0. The quantitative estimate of drug-likeness (QED) is 0.536. The summed E-state index contributed by atoms with van der Waals surface area (Å²) in [5.74, 6) is -2.68. The topological polar surface area (TPSA) is 110 Å². The summed E-state index contributed by atoms with van der Waals surface area (Å²) < 4.78 is 44.7. The third-order valence-corrected chi connectivity index (χ3v) is 7.06. The van der Waals surface area contributed by atoms with Crippen LogP contribution in [0.25, 0.3) is 6.08 Å².